The predicted molar refractivity (Wildman–Crippen MR) is 78.4 cm³/mol. The standard InChI is InChI=1S/C14H30O2P/c1-7-14(5,6)13(15)16-11-12-17(8-2,9-3)10-4/h7-12H2,1-6H3/q+1. The van der Waals surface area contributed by atoms with Gasteiger partial charge in [-0.2, -0.15) is 0 Å². The molecule has 0 N–H and O–H groups in total. The van der Waals surface area contributed by atoms with Gasteiger partial charge in [-0.1, -0.05) is 6.92 Å². The van der Waals surface area contributed by atoms with Gasteiger partial charge in [-0.15, -0.1) is 0 Å². The highest BCUT2D eigenvalue weighted by molar-refractivity contribution is 7.75. The van der Waals surface area contributed by atoms with E-state index >= 15 is 0 Å². The number of hydrogen-bond acceptors (Lipinski definition) is 2. The molecule has 102 valence electrons. The minimum Gasteiger partial charge on any atom is -0.461 e. The molecule has 0 spiro atoms. The molecule has 0 aliphatic rings. The van der Waals surface area contributed by atoms with E-state index < -0.39 is 7.26 Å². The molecule has 3 heteroatoms. The summed E-state index contributed by atoms with van der Waals surface area (Å²) in [5.74, 6) is -0.0404. The Kier molecular flexibility index (Phi) is 7.32. The molecule has 0 bridgehead atoms. The van der Waals surface area contributed by atoms with E-state index in [0.717, 1.165) is 12.6 Å². The van der Waals surface area contributed by atoms with Crippen LogP contribution in [0.25, 0.3) is 0 Å². The third-order valence-corrected chi connectivity index (χ3v) is 9.40. The van der Waals surface area contributed by atoms with Crippen LogP contribution >= 0.6 is 7.26 Å². The first-order valence-electron chi connectivity index (χ1n) is 6.89. The molecule has 0 atom stereocenters. The van der Waals surface area contributed by atoms with E-state index in [2.05, 4.69) is 20.8 Å². The summed E-state index contributed by atoms with van der Waals surface area (Å²) in [6, 6.07) is 0. The smallest absolute Gasteiger partial charge is 0.311 e. The van der Waals surface area contributed by atoms with Gasteiger partial charge in [0.2, 0.25) is 0 Å². The van der Waals surface area contributed by atoms with Crippen molar-refractivity contribution in [2.24, 2.45) is 5.41 Å². The van der Waals surface area contributed by atoms with Crippen LogP contribution < -0.4 is 0 Å². The van der Waals surface area contributed by atoms with E-state index in [9.17, 15) is 4.79 Å². The van der Waals surface area contributed by atoms with E-state index in [1.54, 1.807) is 0 Å². The molecule has 0 saturated carbocycles. The zero-order valence-electron chi connectivity index (χ0n) is 12.5. The fraction of sp³-hybridized carbons (Fsp3) is 0.929. The summed E-state index contributed by atoms with van der Waals surface area (Å²) in [6.07, 6.45) is 5.75. The first kappa shape index (κ1) is 16.9. The summed E-state index contributed by atoms with van der Waals surface area (Å²) in [4.78, 5) is 11.8. The van der Waals surface area contributed by atoms with Crippen LogP contribution in [0.15, 0.2) is 0 Å². The molecule has 17 heavy (non-hydrogen) atoms. The van der Waals surface area contributed by atoms with Crippen LogP contribution in [0.5, 0.6) is 0 Å². The van der Waals surface area contributed by atoms with Crippen molar-refractivity contribution >= 4 is 13.2 Å². The first-order valence-corrected chi connectivity index (χ1v) is 9.42. The second-order valence-corrected chi connectivity index (χ2v) is 10.4. The third-order valence-electron chi connectivity index (χ3n) is 4.25. The molecular formula is C14H30O2P+. The normalized spacial score (nSPS) is 12.6. The highest BCUT2D eigenvalue weighted by Gasteiger charge is 2.32. The van der Waals surface area contributed by atoms with E-state index in [-0.39, 0.29) is 11.4 Å². The van der Waals surface area contributed by atoms with Crippen LogP contribution in [0.1, 0.15) is 48.0 Å². The Balaban J connectivity index is 4.19. The van der Waals surface area contributed by atoms with E-state index in [4.69, 9.17) is 4.74 Å². The number of hydrogen-bond donors (Lipinski definition) is 0. The first-order chi connectivity index (χ1) is 7.87. The van der Waals surface area contributed by atoms with Gasteiger partial charge in [0.15, 0.2) is 0 Å². The lowest BCUT2D eigenvalue weighted by molar-refractivity contribution is -0.153. The Labute approximate surface area is 108 Å². The Morgan fingerprint density at radius 1 is 1.06 bits per heavy atom. The van der Waals surface area contributed by atoms with Crippen LogP contribution in [0.2, 0.25) is 0 Å². The Hall–Kier alpha value is -0.100. The predicted octanol–water partition coefficient (Wildman–Crippen LogP) is 4.04. The summed E-state index contributed by atoms with van der Waals surface area (Å²) in [5.41, 5.74) is -0.328. The maximum atomic E-state index is 11.8. The van der Waals surface area contributed by atoms with Gasteiger partial charge in [0.1, 0.15) is 6.61 Å². The van der Waals surface area contributed by atoms with E-state index in [1.807, 2.05) is 20.8 Å². The zero-order chi connectivity index (χ0) is 13.5. The maximum absolute atomic E-state index is 11.8. The van der Waals surface area contributed by atoms with Gasteiger partial charge in [0.25, 0.3) is 0 Å². The minimum atomic E-state index is -0.833. The molecule has 0 unspecified atom stereocenters. The molecule has 0 heterocycles. The van der Waals surface area contributed by atoms with Crippen molar-refractivity contribution in [3.63, 3.8) is 0 Å². The monoisotopic (exact) mass is 261 g/mol. The van der Waals surface area contributed by atoms with Crippen molar-refractivity contribution in [2.45, 2.75) is 48.0 Å². The summed E-state index contributed by atoms with van der Waals surface area (Å²) < 4.78 is 5.45. The van der Waals surface area contributed by atoms with Crippen molar-refractivity contribution in [2.75, 3.05) is 31.3 Å². The van der Waals surface area contributed by atoms with Crippen LogP contribution in [0, 0.1) is 5.41 Å². The topological polar surface area (TPSA) is 26.3 Å². The quantitative estimate of drug-likeness (QED) is 0.487. The molecule has 0 aromatic carbocycles. The second kappa shape index (κ2) is 7.36. The number of esters is 1. The highest BCUT2D eigenvalue weighted by atomic mass is 31.2. The average molecular weight is 261 g/mol. The van der Waals surface area contributed by atoms with Crippen molar-refractivity contribution in [3.8, 4) is 0 Å². The van der Waals surface area contributed by atoms with Gasteiger partial charge >= 0.3 is 5.97 Å². The number of rotatable bonds is 8. The lowest BCUT2D eigenvalue weighted by Crippen LogP contribution is -2.27. The lowest BCUT2D eigenvalue weighted by atomic mass is 9.91. The maximum Gasteiger partial charge on any atom is 0.311 e. The van der Waals surface area contributed by atoms with Crippen molar-refractivity contribution in [1.82, 2.24) is 0 Å². The molecule has 0 aromatic rings. The zero-order valence-corrected chi connectivity index (χ0v) is 13.4. The van der Waals surface area contributed by atoms with Crippen molar-refractivity contribution in [3.05, 3.63) is 0 Å². The molecular weight excluding hydrogens is 231 g/mol. The SMILES string of the molecule is CCC(C)(C)C(=O)OCC[P+](CC)(CC)CC. The Morgan fingerprint density at radius 2 is 1.53 bits per heavy atom. The van der Waals surface area contributed by atoms with Gasteiger partial charge in [-0.05, 0) is 41.0 Å². The van der Waals surface area contributed by atoms with Crippen LogP contribution in [-0.4, -0.2) is 37.2 Å². The minimum absolute atomic E-state index is 0.0404. The van der Waals surface area contributed by atoms with Gasteiger partial charge in [0.05, 0.1) is 30.1 Å². The number of ether oxygens (including phenoxy) is 1. The molecule has 0 radical (unpaired) electrons. The number of carbonyl (C=O) groups excluding carboxylic acids is 1. The largest absolute Gasteiger partial charge is 0.461 e. The second-order valence-electron chi connectivity index (χ2n) is 5.39. The summed E-state index contributed by atoms with van der Waals surface area (Å²) >= 11 is 0. The van der Waals surface area contributed by atoms with Crippen LogP contribution in [0.3, 0.4) is 0 Å². The van der Waals surface area contributed by atoms with Gasteiger partial charge in [0, 0.05) is 7.26 Å². The molecule has 2 nitrogen and oxygen atoms in total. The van der Waals surface area contributed by atoms with Gasteiger partial charge in [-0.3, -0.25) is 4.79 Å². The van der Waals surface area contributed by atoms with Gasteiger partial charge < -0.3 is 4.74 Å². The van der Waals surface area contributed by atoms with Gasteiger partial charge in [-0.25, -0.2) is 0 Å². The molecule has 0 amide bonds. The fourth-order valence-corrected chi connectivity index (χ4v) is 4.59. The molecule has 0 saturated heterocycles. The number of carbonyl (C=O) groups is 1. The molecule has 0 rings (SSSR count). The summed E-state index contributed by atoms with van der Waals surface area (Å²) in [6.45, 7) is 13.4. The van der Waals surface area contributed by atoms with Crippen LogP contribution in [-0.2, 0) is 9.53 Å². The highest BCUT2D eigenvalue weighted by Crippen LogP contribution is 2.57. The fourth-order valence-electron chi connectivity index (χ4n) is 1.82. The van der Waals surface area contributed by atoms with Crippen LogP contribution in [0.4, 0.5) is 0 Å². The Bertz CT molecular complexity index is 224. The molecule has 0 aliphatic carbocycles. The average Bonchev–Trinajstić information content (AvgIpc) is 2.35. The third kappa shape index (κ3) is 4.95. The van der Waals surface area contributed by atoms with Crippen molar-refractivity contribution in [1.29, 1.82) is 0 Å². The molecule has 0 aliphatic heterocycles. The molecule has 0 aromatic heterocycles. The van der Waals surface area contributed by atoms with E-state index in [1.165, 1.54) is 18.5 Å². The Morgan fingerprint density at radius 3 is 1.88 bits per heavy atom. The van der Waals surface area contributed by atoms with Crippen molar-refractivity contribution < 1.29 is 9.53 Å². The van der Waals surface area contributed by atoms with E-state index in [0.29, 0.717) is 6.61 Å². The summed E-state index contributed by atoms with van der Waals surface area (Å²) in [5, 5.41) is 0. The summed E-state index contributed by atoms with van der Waals surface area (Å²) in [7, 11) is -0.833. The molecule has 0 fully saturated rings. The lowest BCUT2D eigenvalue weighted by Gasteiger charge is -2.25.